The van der Waals surface area contributed by atoms with Gasteiger partial charge in [-0.25, -0.2) is 9.97 Å². The fourth-order valence-electron chi connectivity index (χ4n) is 2.80. The van der Waals surface area contributed by atoms with Crippen LogP contribution in [0.2, 0.25) is 0 Å². The van der Waals surface area contributed by atoms with Gasteiger partial charge in [-0.05, 0) is 29.8 Å². The predicted octanol–water partition coefficient (Wildman–Crippen LogP) is 3.84. The summed E-state index contributed by atoms with van der Waals surface area (Å²) in [4.78, 5) is 16.9. The molecule has 0 atom stereocenters. The van der Waals surface area contributed by atoms with E-state index in [0.717, 1.165) is 10.0 Å². The van der Waals surface area contributed by atoms with Crippen LogP contribution in [0.25, 0.3) is 11.2 Å². The fourth-order valence-corrected chi connectivity index (χ4v) is 3.24. The fraction of sp³-hybridized carbons (Fsp3) is 0.158. The highest BCUT2D eigenvalue weighted by atomic mass is 79.9. The largest absolute Gasteiger partial charge is 0.493 e. The molecule has 0 radical (unpaired) electrons. The molecule has 0 amide bonds. The molecule has 0 saturated heterocycles. The Bertz CT molecular complexity index is 1120. The minimum atomic E-state index is 0.409. The van der Waals surface area contributed by atoms with Crippen molar-refractivity contribution in [1.29, 1.82) is 0 Å². The summed E-state index contributed by atoms with van der Waals surface area (Å²) in [5.41, 5.74) is 2.21. The third kappa shape index (κ3) is 3.48. The smallest absolute Gasteiger partial charge is 0.249 e. The number of benzene rings is 1. The summed E-state index contributed by atoms with van der Waals surface area (Å²) in [5, 5.41) is 0. The second-order valence-electron chi connectivity index (χ2n) is 5.81. The molecule has 4 rings (SSSR count). The van der Waals surface area contributed by atoms with Gasteiger partial charge in [-0.1, -0.05) is 15.9 Å². The van der Waals surface area contributed by atoms with Crippen molar-refractivity contribution < 1.29 is 14.2 Å². The Hall–Kier alpha value is -3.20. The predicted molar refractivity (Wildman–Crippen MR) is 106 cm³/mol. The Kier molecular flexibility index (Phi) is 5.07. The first kappa shape index (κ1) is 18.2. The van der Waals surface area contributed by atoms with Crippen molar-refractivity contribution >= 4 is 27.1 Å². The second kappa shape index (κ2) is 7.81. The molecule has 0 fully saturated rings. The maximum absolute atomic E-state index is 5.91. The number of hydrogen-bond acceptors (Lipinski definition) is 7. The Morgan fingerprint density at radius 2 is 1.89 bits per heavy atom. The van der Waals surface area contributed by atoms with Crippen molar-refractivity contribution in [2.45, 2.75) is 6.54 Å². The SMILES string of the molecule is COc1cc(Br)c(Cn2cnc3ncnc(Oc4cccnc4)c32)cc1OC. The molecule has 0 N–H and O–H groups in total. The number of fused-ring (bicyclic) bond motifs is 1. The van der Waals surface area contributed by atoms with Crippen LogP contribution in [0.4, 0.5) is 0 Å². The minimum absolute atomic E-state index is 0.409. The number of nitrogens with zero attached hydrogens (tertiary/aromatic N) is 5. The summed E-state index contributed by atoms with van der Waals surface area (Å²) >= 11 is 3.59. The summed E-state index contributed by atoms with van der Waals surface area (Å²) in [7, 11) is 3.21. The van der Waals surface area contributed by atoms with Gasteiger partial charge in [0.1, 0.15) is 12.1 Å². The van der Waals surface area contributed by atoms with E-state index in [1.54, 1.807) is 39.0 Å². The highest BCUT2D eigenvalue weighted by Crippen LogP contribution is 2.34. The average Bonchev–Trinajstić information content (AvgIpc) is 3.14. The number of aromatic nitrogens is 5. The van der Waals surface area contributed by atoms with Gasteiger partial charge >= 0.3 is 0 Å². The zero-order valence-corrected chi connectivity index (χ0v) is 16.8. The molecule has 0 unspecified atom stereocenters. The van der Waals surface area contributed by atoms with Gasteiger partial charge in [0.25, 0.3) is 0 Å². The van der Waals surface area contributed by atoms with E-state index in [2.05, 4.69) is 35.9 Å². The van der Waals surface area contributed by atoms with Gasteiger partial charge in [0.2, 0.25) is 5.88 Å². The maximum atomic E-state index is 5.91. The number of imidazole rings is 1. The van der Waals surface area contributed by atoms with Crippen molar-refractivity contribution in [3.63, 3.8) is 0 Å². The molecule has 4 aromatic rings. The van der Waals surface area contributed by atoms with Crippen LogP contribution in [0.5, 0.6) is 23.1 Å². The van der Waals surface area contributed by atoms with Crippen molar-refractivity contribution in [3.05, 3.63) is 59.3 Å². The molecular formula is C19H16BrN5O3. The molecule has 0 aliphatic rings. The summed E-state index contributed by atoms with van der Waals surface area (Å²) in [6.07, 6.45) is 6.44. The number of methoxy groups -OCH3 is 2. The van der Waals surface area contributed by atoms with Crippen LogP contribution in [-0.2, 0) is 6.54 Å². The number of halogens is 1. The van der Waals surface area contributed by atoms with Gasteiger partial charge in [-0.2, -0.15) is 4.98 Å². The molecule has 0 bridgehead atoms. The maximum Gasteiger partial charge on any atom is 0.249 e. The van der Waals surface area contributed by atoms with Gasteiger partial charge in [-0.3, -0.25) is 4.98 Å². The van der Waals surface area contributed by atoms with Crippen LogP contribution < -0.4 is 14.2 Å². The lowest BCUT2D eigenvalue weighted by atomic mass is 10.2. The van der Waals surface area contributed by atoms with E-state index in [4.69, 9.17) is 14.2 Å². The molecule has 0 spiro atoms. The molecule has 0 saturated carbocycles. The van der Waals surface area contributed by atoms with Gasteiger partial charge in [-0.15, -0.1) is 0 Å². The standard InChI is InChI=1S/C19H16BrN5O3/c1-26-15-6-12(14(20)7-16(15)27-2)9-25-11-24-18-17(25)19(23-10-22-18)28-13-4-3-5-21-8-13/h3-8,10-11H,9H2,1-2H3. The number of rotatable bonds is 6. The Morgan fingerprint density at radius 3 is 2.64 bits per heavy atom. The Morgan fingerprint density at radius 1 is 1.07 bits per heavy atom. The van der Waals surface area contributed by atoms with E-state index in [9.17, 15) is 0 Å². The zero-order valence-electron chi connectivity index (χ0n) is 15.2. The van der Waals surface area contributed by atoms with E-state index in [0.29, 0.717) is 40.8 Å². The van der Waals surface area contributed by atoms with Crippen molar-refractivity contribution in [2.75, 3.05) is 14.2 Å². The van der Waals surface area contributed by atoms with Crippen LogP contribution in [0.3, 0.4) is 0 Å². The Balaban J connectivity index is 1.74. The molecule has 3 aromatic heterocycles. The Labute approximate surface area is 169 Å². The number of ether oxygens (including phenoxy) is 3. The average molecular weight is 442 g/mol. The molecule has 3 heterocycles. The van der Waals surface area contributed by atoms with Gasteiger partial charge in [0.05, 0.1) is 33.3 Å². The third-order valence-corrected chi connectivity index (χ3v) is 4.86. The molecule has 28 heavy (non-hydrogen) atoms. The van der Waals surface area contributed by atoms with E-state index in [-0.39, 0.29) is 0 Å². The first-order valence-corrected chi connectivity index (χ1v) is 9.13. The normalized spacial score (nSPS) is 10.8. The minimum Gasteiger partial charge on any atom is -0.493 e. The number of hydrogen-bond donors (Lipinski definition) is 0. The van der Waals surface area contributed by atoms with E-state index in [1.165, 1.54) is 6.33 Å². The van der Waals surface area contributed by atoms with Crippen LogP contribution in [-0.4, -0.2) is 38.7 Å². The highest BCUT2D eigenvalue weighted by molar-refractivity contribution is 9.10. The van der Waals surface area contributed by atoms with Gasteiger partial charge in [0, 0.05) is 10.7 Å². The quantitative estimate of drug-likeness (QED) is 0.449. The molecule has 9 heteroatoms. The van der Waals surface area contributed by atoms with Crippen molar-refractivity contribution in [1.82, 2.24) is 24.5 Å². The third-order valence-electron chi connectivity index (χ3n) is 4.12. The lowest BCUT2D eigenvalue weighted by Gasteiger charge is -2.13. The first-order valence-electron chi connectivity index (χ1n) is 8.33. The lowest BCUT2D eigenvalue weighted by molar-refractivity contribution is 0.354. The van der Waals surface area contributed by atoms with E-state index >= 15 is 0 Å². The molecule has 0 aliphatic heterocycles. The van der Waals surface area contributed by atoms with Crippen LogP contribution >= 0.6 is 15.9 Å². The molecule has 8 nitrogen and oxygen atoms in total. The summed E-state index contributed by atoms with van der Waals surface area (Å²) < 4.78 is 19.5. The molecule has 1 aromatic carbocycles. The van der Waals surface area contributed by atoms with E-state index in [1.807, 2.05) is 22.8 Å². The summed E-state index contributed by atoms with van der Waals surface area (Å²) in [5.74, 6) is 2.29. The van der Waals surface area contributed by atoms with Crippen molar-refractivity contribution in [3.8, 4) is 23.1 Å². The van der Waals surface area contributed by atoms with Gasteiger partial charge < -0.3 is 18.8 Å². The monoisotopic (exact) mass is 441 g/mol. The first-order chi connectivity index (χ1) is 13.7. The van der Waals surface area contributed by atoms with E-state index < -0.39 is 0 Å². The number of pyridine rings is 1. The molecular weight excluding hydrogens is 426 g/mol. The molecule has 0 aliphatic carbocycles. The van der Waals surface area contributed by atoms with Crippen LogP contribution in [0, 0.1) is 0 Å². The van der Waals surface area contributed by atoms with Gasteiger partial charge in [0.15, 0.2) is 22.7 Å². The zero-order chi connectivity index (χ0) is 19.5. The molecule has 142 valence electrons. The lowest BCUT2D eigenvalue weighted by Crippen LogP contribution is -2.03. The summed E-state index contributed by atoms with van der Waals surface area (Å²) in [6, 6.07) is 7.40. The topological polar surface area (TPSA) is 84.2 Å². The van der Waals surface area contributed by atoms with Crippen LogP contribution in [0.1, 0.15) is 5.56 Å². The highest BCUT2D eigenvalue weighted by Gasteiger charge is 2.16. The second-order valence-corrected chi connectivity index (χ2v) is 6.67. The van der Waals surface area contributed by atoms with Crippen molar-refractivity contribution in [2.24, 2.45) is 0 Å². The summed E-state index contributed by atoms with van der Waals surface area (Å²) in [6.45, 7) is 0.508. The van der Waals surface area contributed by atoms with Crippen LogP contribution in [0.15, 0.2) is 53.8 Å².